The Kier molecular flexibility index (Phi) is 6.48. The summed E-state index contributed by atoms with van der Waals surface area (Å²) in [4.78, 5) is 19.8. The molecule has 0 bridgehead atoms. The minimum Gasteiger partial charge on any atom is -0.378 e. The minimum absolute atomic E-state index is 0.0515. The quantitative estimate of drug-likeness (QED) is 0.401. The number of fused-ring (bicyclic) bond motifs is 1. The molecule has 11 heteroatoms. The number of benzene rings is 2. The molecule has 0 saturated carbocycles. The van der Waals surface area contributed by atoms with E-state index in [9.17, 15) is 13.2 Å². The van der Waals surface area contributed by atoms with Crippen LogP contribution in [0.3, 0.4) is 0 Å². The second-order valence-corrected chi connectivity index (χ2v) is 9.27. The van der Waals surface area contributed by atoms with E-state index in [2.05, 4.69) is 25.3 Å². The summed E-state index contributed by atoms with van der Waals surface area (Å²) in [5, 5.41) is 3.32. The largest absolute Gasteiger partial charge is 0.378 e. The van der Waals surface area contributed by atoms with Gasteiger partial charge in [-0.05, 0) is 50.1 Å². The normalized spacial score (nSPS) is 14.6. The first-order valence-electron chi connectivity index (χ1n) is 11.7. The molecule has 1 aliphatic rings. The summed E-state index contributed by atoms with van der Waals surface area (Å²) < 4.78 is 48.1. The lowest BCUT2D eigenvalue weighted by molar-refractivity contribution is 0.122. The van der Waals surface area contributed by atoms with Crippen LogP contribution in [0.1, 0.15) is 31.7 Å². The number of para-hydroxylation sites is 2. The molecule has 3 heterocycles. The van der Waals surface area contributed by atoms with E-state index in [4.69, 9.17) is 4.74 Å². The molecule has 1 N–H and O–H groups in total. The molecule has 2 aromatic carbocycles. The fraction of sp³-hybridized carbons (Fsp3) is 0.360. The van der Waals surface area contributed by atoms with Gasteiger partial charge in [0.2, 0.25) is 17.8 Å². The lowest BCUT2D eigenvalue weighted by atomic mass is 9.95. The number of rotatable bonds is 7. The number of ether oxygens (including phenoxy) is 1. The maximum atomic E-state index is 14.0. The Morgan fingerprint density at radius 2 is 1.64 bits per heavy atom. The van der Waals surface area contributed by atoms with Crippen molar-refractivity contribution in [1.82, 2.24) is 24.5 Å². The van der Waals surface area contributed by atoms with Gasteiger partial charge in [-0.1, -0.05) is 24.3 Å². The predicted molar refractivity (Wildman–Crippen MR) is 130 cm³/mol. The van der Waals surface area contributed by atoms with Gasteiger partial charge in [-0.3, -0.25) is 4.57 Å². The molecule has 4 aromatic rings. The highest BCUT2D eigenvalue weighted by Crippen LogP contribution is 2.28. The van der Waals surface area contributed by atoms with Crippen LogP contribution in [0, 0.1) is 5.82 Å². The van der Waals surface area contributed by atoms with Crippen LogP contribution in [-0.4, -0.2) is 56.3 Å². The van der Waals surface area contributed by atoms with Crippen LogP contribution in [-0.2, 0) is 11.2 Å². The molecule has 8 nitrogen and oxygen atoms in total. The van der Waals surface area contributed by atoms with Gasteiger partial charge in [0.25, 0.3) is 6.43 Å². The van der Waals surface area contributed by atoms with E-state index in [-0.39, 0.29) is 17.7 Å². The third kappa shape index (κ3) is 5.11. The van der Waals surface area contributed by atoms with Gasteiger partial charge in [0.05, 0.1) is 24.2 Å². The molecule has 1 aliphatic heterocycles. The van der Waals surface area contributed by atoms with Gasteiger partial charge in [0.1, 0.15) is 5.82 Å². The van der Waals surface area contributed by atoms with Crippen molar-refractivity contribution in [3.63, 3.8) is 0 Å². The van der Waals surface area contributed by atoms with Crippen molar-refractivity contribution in [2.75, 3.05) is 36.5 Å². The average Bonchev–Trinajstić information content (AvgIpc) is 3.25. The van der Waals surface area contributed by atoms with Crippen LogP contribution in [0.25, 0.3) is 17.0 Å². The summed E-state index contributed by atoms with van der Waals surface area (Å²) in [6.45, 7) is 6.08. The highest BCUT2D eigenvalue weighted by Gasteiger charge is 2.26. The number of aromatic nitrogens is 5. The van der Waals surface area contributed by atoms with Crippen molar-refractivity contribution in [3.8, 4) is 5.95 Å². The number of halogens is 3. The Morgan fingerprint density at radius 3 is 2.36 bits per heavy atom. The van der Waals surface area contributed by atoms with Crippen molar-refractivity contribution < 1.29 is 17.9 Å². The van der Waals surface area contributed by atoms with Gasteiger partial charge < -0.3 is 15.0 Å². The maximum Gasteiger partial charge on any atom is 0.296 e. The Morgan fingerprint density at radius 1 is 0.944 bits per heavy atom. The summed E-state index contributed by atoms with van der Waals surface area (Å²) in [7, 11) is 0. The summed E-state index contributed by atoms with van der Waals surface area (Å²) >= 11 is 0. The molecule has 36 heavy (non-hydrogen) atoms. The van der Waals surface area contributed by atoms with Crippen LogP contribution >= 0.6 is 0 Å². The smallest absolute Gasteiger partial charge is 0.296 e. The van der Waals surface area contributed by atoms with E-state index >= 15 is 0 Å². The molecule has 0 unspecified atom stereocenters. The van der Waals surface area contributed by atoms with Crippen LogP contribution < -0.4 is 10.2 Å². The zero-order valence-electron chi connectivity index (χ0n) is 20.0. The monoisotopic (exact) mass is 497 g/mol. The topological polar surface area (TPSA) is 81.0 Å². The second kappa shape index (κ2) is 9.73. The van der Waals surface area contributed by atoms with Crippen LogP contribution in [0.15, 0.2) is 48.5 Å². The van der Waals surface area contributed by atoms with Gasteiger partial charge >= 0.3 is 0 Å². The third-order valence-electron chi connectivity index (χ3n) is 5.90. The first kappa shape index (κ1) is 24.0. The van der Waals surface area contributed by atoms with Crippen molar-refractivity contribution in [2.24, 2.45) is 0 Å². The SMILES string of the molecule is CC(C)(Cc1ccc(F)cc1)Nc1nc(N2CCOCC2)nc(-n2c(C(F)F)nc3ccccc32)n1. The fourth-order valence-corrected chi connectivity index (χ4v) is 4.28. The highest BCUT2D eigenvalue weighted by molar-refractivity contribution is 5.77. The molecule has 2 aromatic heterocycles. The number of nitrogens with zero attached hydrogens (tertiary/aromatic N) is 6. The highest BCUT2D eigenvalue weighted by atomic mass is 19.3. The van der Waals surface area contributed by atoms with Crippen LogP contribution in [0.4, 0.5) is 25.1 Å². The number of morpholine rings is 1. The molecule has 188 valence electrons. The summed E-state index contributed by atoms with van der Waals surface area (Å²) in [5.41, 5.74) is 1.29. The molecule has 0 atom stereocenters. The molecular weight excluding hydrogens is 471 g/mol. The van der Waals surface area contributed by atoms with E-state index in [1.807, 2.05) is 18.7 Å². The standard InChI is InChI=1S/C25H26F3N7O/c1-25(2,15-16-7-9-17(26)10-8-16)33-22-30-23(34-11-13-36-14-12-34)32-24(31-22)35-19-6-4-3-5-18(19)29-21(35)20(27)28/h3-10,20H,11-15H2,1-2H3,(H,30,31,32,33). The first-order valence-corrected chi connectivity index (χ1v) is 11.7. The number of hydrogen-bond donors (Lipinski definition) is 1. The molecule has 1 saturated heterocycles. The van der Waals surface area contributed by atoms with Gasteiger partial charge in [-0.2, -0.15) is 15.0 Å². The number of imidazole rings is 1. The zero-order chi connectivity index (χ0) is 25.3. The second-order valence-electron chi connectivity index (χ2n) is 9.27. The molecule has 1 fully saturated rings. The van der Waals surface area contributed by atoms with E-state index in [0.717, 1.165) is 5.56 Å². The Labute approximate surface area is 206 Å². The number of anilines is 2. The predicted octanol–water partition coefficient (Wildman–Crippen LogP) is 4.56. The Bertz CT molecular complexity index is 1350. The van der Waals surface area contributed by atoms with Crippen molar-refractivity contribution >= 4 is 22.9 Å². The van der Waals surface area contributed by atoms with Crippen molar-refractivity contribution in [1.29, 1.82) is 0 Å². The number of nitrogens with one attached hydrogen (secondary N) is 1. The molecule has 0 aliphatic carbocycles. The van der Waals surface area contributed by atoms with Crippen molar-refractivity contribution in [2.45, 2.75) is 32.2 Å². The lowest BCUT2D eigenvalue weighted by Crippen LogP contribution is -2.38. The summed E-state index contributed by atoms with van der Waals surface area (Å²) in [6, 6.07) is 13.2. The van der Waals surface area contributed by atoms with Crippen LogP contribution in [0.5, 0.6) is 0 Å². The van der Waals surface area contributed by atoms with E-state index < -0.39 is 17.8 Å². The Balaban J connectivity index is 1.57. The van der Waals surface area contributed by atoms with Gasteiger partial charge in [0, 0.05) is 18.6 Å². The summed E-state index contributed by atoms with van der Waals surface area (Å²) in [6.07, 6.45) is -2.27. The van der Waals surface area contributed by atoms with Gasteiger partial charge in [-0.25, -0.2) is 18.2 Å². The molecular formula is C25H26F3N7O. The average molecular weight is 498 g/mol. The van der Waals surface area contributed by atoms with E-state index in [1.54, 1.807) is 36.4 Å². The molecule has 0 radical (unpaired) electrons. The summed E-state index contributed by atoms with van der Waals surface area (Å²) in [5.74, 6) is -0.0837. The van der Waals surface area contributed by atoms with Gasteiger partial charge in [0.15, 0.2) is 5.82 Å². The third-order valence-corrected chi connectivity index (χ3v) is 5.90. The van der Waals surface area contributed by atoms with E-state index in [1.165, 1.54) is 16.7 Å². The maximum absolute atomic E-state index is 14.0. The first-order chi connectivity index (χ1) is 17.3. The number of hydrogen-bond acceptors (Lipinski definition) is 7. The van der Waals surface area contributed by atoms with Crippen LogP contribution in [0.2, 0.25) is 0 Å². The number of alkyl halides is 2. The molecule has 0 spiro atoms. The Hall–Kier alpha value is -3.73. The molecule has 0 amide bonds. The van der Waals surface area contributed by atoms with Gasteiger partial charge in [-0.15, -0.1) is 0 Å². The fourth-order valence-electron chi connectivity index (χ4n) is 4.28. The molecule has 5 rings (SSSR count). The lowest BCUT2D eigenvalue weighted by Gasteiger charge is -2.29. The van der Waals surface area contributed by atoms with Crippen molar-refractivity contribution in [3.05, 3.63) is 65.7 Å². The zero-order valence-corrected chi connectivity index (χ0v) is 20.0. The van der Waals surface area contributed by atoms with E-state index in [0.29, 0.717) is 49.7 Å². The minimum atomic E-state index is -2.83.